The third-order valence-electron chi connectivity index (χ3n) is 7.07. The number of nitrogens with zero attached hydrogens (tertiary/aromatic N) is 3. The quantitative estimate of drug-likeness (QED) is 0.182. The summed E-state index contributed by atoms with van der Waals surface area (Å²) in [7, 11) is 0. The van der Waals surface area contributed by atoms with E-state index >= 15 is 0 Å². The van der Waals surface area contributed by atoms with Gasteiger partial charge in [-0.25, -0.2) is 4.98 Å². The number of benzene rings is 5. The summed E-state index contributed by atoms with van der Waals surface area (Å²) >= 11 is 0. The monoisotopic (exact) mass is 700 g/mol. The van der Waals surface area contributed by atoms with Crippen molar-refractivity contribution in [2.24, 2.45) is 4.99 Å². The van der Waals surface area contributed by atoms with Crippen molar-refractivity contribution < 1.29 is 31.3 Å². The van der Waals surface area contributed by atoms with Crippen molar-refractivity contribution in [1.82, 2.24) is 9.55 Å². The van der Waals surface area contributed by atoms with Crippen LogP contribution in [0.25, 0.3) is 49.5 Å². The van der Waals surface area contributed by atoms with Gasteiger partial charge < -0.3 is 14.8 Å². The third-order valence-corrected chi connectivity index (χ3v) is 7.07. The minimum absolute atomic E-state index is 0. The number of para-hydroxylation sites is 2. The number of aromatic hydroxyl groups is 2. The first-order valence-corrected chi connectivity index (χ1v) is 12.7. The molecule has 0 unspecified atom stereocenters. The van der Waals surface area contributed by atoms with Crippen molar-refractivity contribution in [3.8, 4) is 28.4 Å². The molecule has 5 nitrogen and oxygen atoms in total. The second kappa shape index (κ2) is 10.4. The van der Waals surface area contributed by atoms with Crippen LogP contribution in [0.1, 0.15) is 5.69 Å². The maximum Gasteiger partial charge on any atom is 0.134 e. The van der Waals surface area contributed by atoms with Crippen molar-refractivity contribution in [1.29, 1.82) is 0 Å². The fraction of sp³-hybridized carbons (Fsp3) is 0. The molecule has 2 N–H and O–H groups in total. The molecule has 0 fully saturated rings. The van der Waals surface area contributed by atoms with Gasteiger partial charge in [0.1, 0.15) is 11.5 Å². The molecule has 5 aromatic carbocycles. The summed E-state index contributed by atoms with van der Waals surface area (Å²) in [6.07, 6.45) is 1.68. The molecule has 0 aliphatic carbocycles. The second-order valence-electron chi connectivity index (χ2n) is 9.40. The molecule has 0 atom stereocenters. The molecule has 0 spiro atoms. The summed E-state index contributed by atoms with van der Waals surface area (Å²) in [4.78, 5) is 9.43. The minimum Gasteiger partial charge on any atom is -0.507 e. The van der Waals surface area contributed by atoms with E-state index in [9.17, 15) is 10.2 Å². The largest absolute Gasteiger partial charge is 0.507 e. The van der Waals surface area contributed by atoms with Gasteiger partial charge >= 0.3 is 0 Å². The summed E-state index contributed by atoms with van der Waals surface area (Å²) in [6.45, 7) is 0. The van der Waals surface area contributed by atoms with Crippen LogP contribution in [-0.2, 0) is 21.1 Å². The van der Waals surface area contributed by atoms with Crippen LogP contribution in [0.4, 0.5) is 5.69 Å². The van der Waals surface area contributed by atoms with Crippen LogP contribution < -0.4 is 0 Å². The van der Waals surface area contributed by atoms with Gasteiger partial charge in [0.15, 0.2) is 0 Å². The van der Waals surface area contributed by atoms with E-state index in [2.05, 4.69) is 27.8 Å². The van der Waals surface area contributed by atoms with Crippen molar-refractivity contribution in [2.45, 2.75) is 0 Å². The van der Waals surface area contributed by atoms with Gasteiger partial charge in [-0.2, -0.15) is 0 Å². The molecule has 2 aromatic heterocycles. The standard InChI is InChI=1S/C34H23N3O2.Pt/c38-31-18-7-10-22-9-6-16-28(32(22)31)35-21-23-11-8-15-27(36-23)25-19-20-30-33(34(25)39)26-14-4-5-17-29(26)37(30)24-12-2-1-3-13-24;/h1-21,38-39H;. The molecule has 7 aromatic rings. The van der Waals surface area contributed by atoms with E-state index in [4.69, 9.17) is 4.98 Å². The number of aromatic nitrogens is 2. The number of pyridine rings is 1. The predicted octanol–water partition coefficient (Wildman–Crippen LogP) is 8.16. The normalized spacial score (nSPS) is 11.4. The molecule has 40 heavy (non-hydrogen) atoms. The Hall–Kier alpha value is -4.73. The molecular formula is C34H23N3O2Pt. The Morgan fingerprint density at radius 3 is 2.25 bits per heavy atom. The van der Waals surface area contributed by atoms with Crippen LogP contribution in [0, 0.1) is 0 Å². The average Bonchev–Trinajstić information content (AvgIpc) is 3.32. The molecule has 0 amide bonds. The molecule has 196 valence electrons. The zero-order chi connectivity index (χ0) is 26.3. The van der Waals surface area contributed by atoms with Gasteiger partial charge in [-0.1, -0.05) is 66.7 Å². The third kappa shape index (κ3) is 4.25. The summed E-state index contributed by atoms with van der Waals surface area (Å²) < 4.78 is 2.17. The van der Waals surface area contributed by atoms with E-state index in [1.807, 2.05) is 97.1 Å². The Kier molecular flexibility index (Phi) is 6.67. The summed E-state index contributed by atoms with van der Waals surface area (Å²) in [5, 5.41) is 25.4. The van der Waals surface area contributed by atoms with Crippen LogP contribution in [-0.4, -0.2) is 26.0 Å². The summed E-state index contributed by atoms with van der Waals surface area (Å²) in [6, 6.07) is 39.0. The Morgan fingerprint density at radius 1 is 0.650 bits per heavy atom. The predicted molar refractivity (Wildman–Crippen MR) is 159 cm³/mol. The Bertz CT molecular complexity index is 2040. The minimum atomic E-state index is 0. The second-order valence-corrected chi connectivity index (χ2v) is 9.40. The van der Waals surface area contributed by atoms with E-state index in [0.29, 0.717) is 28.0 Å². The number of fused-ring (bicyclic) bond motifs is 4. The van der Waals surface area contributed by atoms with Crippen LogP contribution in [0.3, 0.4) is 0 Å². The first kappa shape index (κ1) is 25.5. The molecular weight excluding hydrogens is 677 g/mol. The number of rotatable bonds is 4. The topological polar surface area (TPSA) is 70.6 Å². The summed E-state index contributed by atoms with van der Waals surface area (Å²) in [5.41, 5.74) is 5.59. The molecule has 0 saturated carbocycles. The number of hydrogen-bond acceptors (Lipinski definition) is 4. The maximum atomic E-state index is 11.6. The Labute approximate surface area is 245 Å². The number of phenols is 2. The molecule has 0 bridgehead atoms. The van der Waals surface area contributed by atoms with Gasteiger partial charge in [0.2, 0.25) is 0 Å². The Balaban J connectivity index is 0.00000289. The van der Waals surface area contributed by atoms with Crippen molar-refractivity contribution in [3.05, 3.63) is 127 Å². The van der Waals surface area contributed by atoms with Gasteiger partial charge in [-0.15, -0.1) is 0 Å². The van der Waals surface area contributed by atoms with Gasteiger partial charge in [0.25, 0.3) is 0 Å². The van der Waals surface area contributed by atoms with E-state index in [0.717, 1.165) is 32.9 Å². The summed E-state index contributed by atoms with van der Waals surface area (Å²) in [5.74, 6) is 0.383. The average molecular weight is 701 g/mol. The van der Waals surface area contributed by atoms with Gasteiger partial charge in [-0.3, -0.25) is 4.99 Å². The molecule has 0 radical (unpaired) electrons. The van der Waals surface area contributed by atoms with Crippen molar-refractivity contribution in [2.75, 3.05) is 0 Å². The van der Waals surface area contributed by atoms with Crippen LogP contribution >= 0.6 is 0 Å². The zero-order valence-electron chi connectivity index (χ0n) is 21.2. The van der Waals surface area contributed by atoms with Gasteiger partial charge in [-0.05, 0) is 60.0 Å². The van der Waals surface area contributed by atoms with Gasteiger partial charge in [0, 0.05) is 43.1 Å². The number of hydrogen-bond donors (Lipinski definition) is 2. The van der Waals surface area contributed by atoms with E-state index in [1.54, 1.807) is 12.3 Å². The molecule has 6 heteroatoms. The van der Waals surface area contributed by atoms with Crippen LogP contribution in [0.15, 0.2) is 126 Å². The molecule has 0 aliphatic heterocycles. The zero-order valence-corrected chi connectivity index (χ0v) is 23.4. The number of aliphatic imine (C=N–C) groups is 1. The van der Waals surface area contributed by atoms with Crippen LogP contribution in [0.5, 0.6) is 11.5 Å². The van der Waals surface area contributed by atoms with E-state index in [-0.39, 0.29) is 32.6 Å². The molecule has 7 rings (SSSR count). The first-order chi connectivity index (χ1) is 19.2. The molecule has 0 saturated heterocycles. The van der Waals surface area contributed by atoms with Crippen molar-refractivity contribution in [3.63, 3.8) is 0 Å². The molecule has 2 heterocycles. The number of phenolic OH excluding ortho intramolecular Hbond substituents is 2. The van der Waals surface area contributed by atoms with E-state index in [1.165, 1.54) is 0 Å². The molecule has 0 aliphatic rings. The fourth-order valence-electron chi connectivity index (χ4n) is 5.32. The van der Waals surface area contributed by atoms with Crippen LogP contribution in [0.2, 0.25) is 0 Å². The smallest absolute Gasteiger partial charge is 0.134 e. The Morgan fingerprint density at radius 2 is 1.40 bits per heavy atom. The first-order valence-electron chi connectivity index (χ1n) is 12.7. The SMILES string of the molecule is Oc1cccc2cccc(N=Cc3cccc(-c4ccc5c(c4O)c4ccccc4n5-c4ccccc4)n3)c12.[Pt]. The van der Waals surface area contributed by atoms with E-state index < -0.39 is 0 Å². The van der Waals surface area contributed by atoms with Gasteiger partial charge in [0.05, 0.1) is 39.7 Å². The fourth-order valence-corrected chi connectivity index (χ4v) is 5.32. The maximum absolute atomic E-state index is 11.6. The van der Waals surface area contributed by atoms with Crippen molar-refractivity contribution >= 4 is 44.5 Å².